The third kappa shape index (κ3) is 3.01. The van der Waals surface area contributed by atoms with E-state index in [-0.39, 0.29) is 12.5 Å². The first kappa shape index (κ1) is 12.0. The zero-order valence-electron chi connectivity index (χ0n) is 8.61. The van der Waals surface area contributed by atoms with Crippen molar-refractivity contribution in [2.75, 3.05) is 0 Å². The summed E-state index contributed by atoms with van der Waals surface area (Å²) >= 11 is 6.96. The summed E-state index contributed by atoms with van der Waals surface area (Å²) in [5.74, 6) is -0.753. The number of carbonyl (C=O) groups is 1. The first-order chi connectivity index (χ1) is 8.16. The van der Waals surface area contributed by atoms with Gasteiger partial charge in [-0.25, -0.2) is 9.37 Å². The molecular formula is C11H8ClFN2OS. The molecule has 0 aliphatic heterocycles. The summed E-state index contributed by atoms with van der Waals surface area (Å²) in [5.41, 5.74) is 2.29. The Bertz CT molecular complexity index is 530. The van der Waals surface area contributed by atoms with Gasteiger partial charge >= 0.3 is 0 Å². The van der Waals surface area contributed by atoms with Crippen molar-refractivity contribution >= 4 is 28.8 Å². The van der Waals surface area contributed by atoms with E-state index in [0.717, 1.165) is 0 Å². The maximum Gasteiger partial charge on any atom is 0.271 e. The van der Waals surface area contributed by atoms with E-state index in [1.54, 1.807) is 23.0 Å². The van der Waals surface area contributed by atoms with Crippen LogP contribution in [0.1, 0.15) is 16.1 Å². The highest BCUT2D eigenvalue weighted by atomic mass is 35.5. The first-order valence-electron chi connectivity index (χ1n) is 4.77. The fourth-order valence-corrected chi connectivity index (χ4v) is 1.95. The third-order valence-corrected chi connectivity index (χ3v) is 2.94. The van der Waals surface area contributed by atoms with Crippen LogP contribution in [-0.4, -0.2) is 10.9 Å². The number of hydrogen-bond acceptors (Lipinski definition) is 3. The lowest BCUT2D eigenvalue weighted by Crippen LogP contribution is -2.23. The zero-order chi connectivity index (χ0) is 12.3. The Balaban J connectivity index is 2.01. The van der Waals surface area contributed by atoms with Gasteiger partial charge in [-0.3, -0.25) is 4.79 Å². The maximum absolute atomic E-state index is 13.4. The number of amides is 1. The number of thiazole rings is 1. The molecule has 88 valence electrons. The standard InChI is InChI=1S/C11H8ClFN2OS/c12-8-2-1-7(9(13)3-8)4-14-11(16)10-5-17-6-15-10/h1-3,5-6H,4H2,(H,14,16). The summed E-state index contributed by atoms with van der Waals surface area (Å²) in [6.45, 7) is 0.110. The second-order valence-corrected chi connectivity index (χ2v) is 4.45. The highest BCUT2D eigenvalue weighted by Gasteiger charge is 2.08. The Morgan fingerprint density at radius 2 is 2.35 bits per heavy atom. The van der Waals surface area contributed by atoms with Gasteiger partial charge in [0.2, 0.25) is 0 Å². The van der Waals surface area contributed by atoms with Gasteiger partial charge in [-0.15, -0.1) is 11.3 Å². The number of aromatic nitrogens is 1. The SMILES string of the molecule is O=C(NCc1ccc(Cl)cc1F)c1cscn1. The minimum atomic E-state index is -0.434. The lowest BCUT2D eigenvalue weighted by molar-refractivity contribution is 0.0946. The van der Waals surface area contributed by atoms with E-state index in [1.165, 1.54) is 17.4 Å². The molecule has 0 aliphatic carbocycles. The van der Waals surface area contributed by atoms with Crippen LogP contribution >= 0.6 is 22.9 Å². The van der Waals surface area contributed by atoms with Gasteiger partial charge in [-0.05, 0) is 12.1 Å². The van der Waals surface area contributed by atoms with E-state index in [2.05, 4.69) is 10.3 Å². The van der Waals surface area contributed by atoms with Crippen molar-refractivity contribution in [3.8, 4) is 0 Å². The minimum absolute atomic E-state index is 0.110. The minimum Gasteiger partial charge on any atom is -0.346 e. The Kier molecular flexibility index (Phi) is 3.71. The van der Waals surface area contributed by atoms with E-state index >= 15 is 0 Å². The molecule has 1 amide bonds. The Hall–Kier alpha value is -1.46. The van der Waals surface area contributed by atoms with Gasteiger partial charge in [-0.1, -0.05) is 17.7 Å². The van der Waals surface area contributed by atoms with Crippen LogP contribution < -0.4 is 5.32 Å². The highest BCUT2D eigenvalue weighted by molar-refractivity contribution is 7.07. The molecule has 1 N–H and O–H groups in total. The molecule has 0 spiro atoms. The molecule has 2 aromatic rings. The lowest BCUT2D eigenvalue weighted by Gasteiger charge is -2.05. The van der Waals surface area contributed by atoms with Crippen LogP contribution in [0.2, 0.25) is 5.02 Å². The van der Waals surface area contributed by atoms with Gasteiger partial charge in [-0.2, -0.15) is 0 Å². The van der Waals surface area contributed by atoms with Crippen LogP contribution in [-0.2, 0) is 6.54 Å². The van der Waals surface area contributed by atoms with Gasteiger partial charge in [0.15, 0.2) is 0 Å². The van der Waals surface area contributed by atoms with Gasteiger partial charge in [0, 0.05) is 22.5 Å². The van der Waals surface area contributed by atoms with Crippen LogP contribution in [0.5, 0.6) is 0 Å². The number of nitrogens with one attached hydrogen (secondary N) is 1. The van der Waals surface area contributed by atoms with Gasteiger partial charge < -0.3 is 5.32 Å². The van der Waals surface area contributed by atoms with Crippen LogP contribution in [0.25, 0.3) is 0 Å². The number of halogens is 2. The van der Waals surface area contributed by atoms with Gasteiger partial charge in [0.25, 0.3) is 5.91 Å². The van der Waals surface area contributed by atoms with Crippen molar-refractivity contribution in [3.05, 3.63) is 51.2 Å². The third-order valence-electron chi connectivity index (χ3n) is 2.12. The van der Waals surface area contributed by atoms with Crippen molar-refractivity contribution in [1.29, 1.82) is 0 Å². The molecule has 0 unspecified atom stereocenters. The fourth-order valence-electron chi connectivity index (χ4n) is 1.26. The smallest absolute Gasteiger partial charge is 0.271 e. The number of benzene rings is 1. The monoisotopic (exact) mass is 270 g/mol. The zero-order valence-corrected chi connectivity index (χ0v) is 10.2. The summed E-state index contributed by atoms with van der Waals surface area (Å²) in [7, 11) is 0. The molecule has 0 bridgehead atoms. The molecule has 0 radical (unpaired) electrons. The summed E-state index contributed by atoms with van der Waals surface area (Å²) in [6.07, 6.45) is 0. The van der Waals surface area contributed by atoms with Crippen molar-refractivity contribution in [1.82, 2.24) is 10.3 Å². The van der Waals surface area contributed by atoms with Crippen molar-refractivity contribution < 1.29 is 9.18 Å². The average molecular weight is 271 g/mol. The van der Waals surface area contributed by atoms with E-state index in [4.69, 9.17) is 11.6 Å². The largest absolute Gasteiger partial charge is 0.346 e. The summed E-state index contributed by atoms with van der Waals surface area (Å²) in [4.78, 5) is 15.4. The van der Waals surface area contributed by atoms with E-state index in [1.807, 2.05) is 0 Å². The molecule has 0 aliphatic rings. The molecule has 3 nitrogen and oxygen atoms in total. The Morgan fingerprint density at radius 1 is 1.53 bits per heavy atom. The van der Waals surface area contributed by atoms with E-state index < -0.39 is 5.82 Å². The topological polar surface area (TPSA) is 42.0 Å². The number of nitrogens with zero attached hydrogens (tertiary/aromatic N) is 1. The van der Waals surface area contributed by atoms with Crippen molar-refractivity contribution in [2.24, 2.45) is 0 Å². The normalized spacial score (nSPS) is 10.2. The molecule has 2 rings (SSSR count). The van der Waals surface area contributed by atoms with Crippen LogP contribution in [0.15, 0.2) is 29.1 Å². The van der Waals surface area contributed by atoms with Crippen LogP contribution in [0.3, 0.4) is 0 Å². The number of hydrogen-bond donors (Lipinski definition) is 1. The quantitative estimate of drug-likeness (QED) is 0.932. The Labute approximate surface area is 106 Å². The molecule has 1 aromatic carbocycles. The second kappa shape index (κ2) is 5.25. The molecule has 1 heterocycles. The van der Waals surface area contributed by atoms with Gasteiger partial charge in [0.05, 0.1) is 5.51 Å². The first-order valence-corrected chi connectivity index (χ1v) is 6.09. The number of rotatable bonds is 3. The van der Waals surface area contributed by atoms with E-state index in [0.29, 0.717) is 16.3 Å². The summed E-state index contributed by atoms with van der Waals surface area (Å²) in [5, 5.41) is 4.55. The highest BCUT2D eigenvalue weighted by Crippen LogP contribution is 2.14. The average Bonchev–Trinajstić information content (AvgIpc) is 2.81. The molecule has 6 heteroatoms. The maximum atomic E-state index is 13.4. The van der Waals surface area contributed by atoms with Crippen molar-refractivity contribution in [3.63, 3.8) is 0 Å². The predicted molar refractivity (Wildman–Crippen MR) is 64.7 cm³/mol. The predicted octanol–water partition coefficient (Wildman–Crippen LogP) is 2.87. The molecule has 0 fully saturated rings. The molecule has 1 aromatic heterocycles. The molecular weight excluding hydrogens is 263 g/mol. The van der Waals surface area contributed by atoms with Crippen LogP contribution in [0, 0.1) is 5.82 Å². The number of carbonyl (C=O) groups excluding carboxylic acids is 1. The summed E-state index contributed by atoms with van der Waals surface area (Å²) < 4.78 is 13.4. The molecule has 0 atom stereocenters. The summed E-state index contributed by atoms with van der Waals surface area (Å²) in [6, 6.07) is 4.33. The van der Waals surface area contributed by atoms with Crippen molar-refractivity contribution in [2.45, 2.75) is 6.54 Å². The van der Waals surface area contributed by atoms with E-state index in [9.17, 15) is 9.18 Å². The molecule has 0 saturated heterocycles. The molecule has 17 heavy (non-hydrogen) atoms. The van der Waals surface area contributed by atoms with Gasteiger partial charge in [0.1, 0.15) is 11.5 Å². The molecule has 0 saturated carbocycles. The lowest BCUT2D eigenvalue weighted by atomic mass is 10.2. The Morgan fingerprint density at radius 3 is 3.00 bits per heavy atom. The second-order valence-electron chi connectivity index (χ2n) is 3.29. The fraction of sp³-hybridized carbons (Fsp3) is 0.0909. The van der Waals surface area contributed by atoms with Crippen LogP contribution in [0.4, 0.5) is 4.39 Å².